The summed E-state index contributed by atoms with van der Waals surface area (Å²) in [7, 11) is 0. The monoisotopic (exact) mass is 310 g/mol. The van der Waals surface area contributed by atoms with E-state index in [0.29, 0.717) is 27.2 Å². The van der Waals surface area contributed by atoms with E-state index in [-0.39, 0.29) is 0 Å². The highest BCUT2D eigenvalue weighted by atomic mass is 35.5. The van der Waals surface area contributed by atoms with E-state index in [0.717, 1.165) is 11.3 Å². The fourth-order valence-electron chi connectivity index (χ4n) is 1.57. The second kappa shape index (κ2) is 6.16. The lowest BCUT2D eigenvalue weighted by molar-refractivity contribution is 1.15. The standard InChI is InChI=1S/C14H9Cl3N2/c15-12-4-2-11(6-10(12)7-18)19-8-9-1-3-13(16)14(17)5-9/h1-6,19H,8H2. The molecule has 0 aromatic heterocycles. The molecule has 0 bridgehead atoms. The molecule has 2 aromatic carbocycles. The van der Waals surface area contributed by atoms with Gasteiger partial charge in [-0.2, -0.15) is 5.26 Å². The molecule has 0 heterocycles. The van der Waals surface area contributed by atoms with Crippen LogP contribution in [0.2, 0.25) is 15.1 Å². The van der Waals surface area contributed by atoms with Crippen LogP contribution in [0.15, 0.2) is 36.4 Å². The molecule has 0 saturated heterocycles. The van der Waals surface area contributed by atoms with Crippen LogP contribution in [-0.4, -0.2) is 0 Å². The summed E-state index contributed by atoms with van der Waals surface area (Å²) >= 11 is 17.7. The normalized spacial score (nSPS) is 10.0. The zero-order chi connectivity index (χ0) is 13.8. The second-order valence-electron chi connectivity index (χ2n) is 3.91. The first kappa shape index (κ1) is 14.0. The summed E-state index contributed by atoms with van der Waals surface area (Å²) in [5.74, 6) is 0. The molecule has 0 aliphatic carbocycles. The third-order valence-electron chi connectivity index (χ3n) is 2.57. The molecule has 0 radical (unpaired) electrons. The van der Waals surface area contributed by atoms with Crippen molar-refractivity contribution < 1.29 is 0 Å². The fraction of sp³-hybridized carbons (Fsp3) is 0.0714. The van der Waals surface area contributed by atoms with Crippen LogP contribution < -0.4 is 5.32 Å². The van der Waals surface area contributed by atoms with Crippen molar-refractivity contribution in [1.82, 2.24) is 0 Å². The van der Waals surface area contributed by atoms with Crippen LogP contribution in [0.1, 0.15) is 11.1 Å². The second-order valence-corrected chi connectivity index (χ2v) is 5.13. The van der Waals surface area contributed by atoms with Gasteiger partial charge in [-0.15, -0.1) is 0 Å². The summed E-state index contributed by atoms with van der Waals surface area (Å²) in [6.07, 6.45) is 0. The Morgan fingerprint density at radius 2 is 1.68 bits per heavy atom. The maximum absolute atomic E-state index is 8.90. The first-order valence-electron chi connectivity index (χ1n) is 5.47. The lowest BCUT2D eigenvalue weighted by Gasteiger charge is -2.08. The SMILES string of the molecule is N#Cc1cc(NCc2ccc(Cl)c(Cl)c2)ccc1Cl. The zero-order valence-corrected chi connectivity index (χ0v) is 12.0. The van der Waals surface area contributed by atoms with Gasteiger partial charge in [-0.05, 0) is 35.9 Å². The number of benzene rings is 2. The first-order valence-corrected chi connectivity index (χ1v) is 6.61. The van der Waals surface area contributed by atoms with Crippen LogP contribution >= 0.6 is 34.8 Å². The van der Waals surface area contributed by atoms with Crippen molar-refractivity contribution in [2.45, 2.75) is 6.54 Å². The average molecular weight is 312 g/mol. The third kappa shape index (κ3) is 3.54. The molecule has 0 fully saturated rings. The van der Waals surface area contributed by atoms with E-state index in [4.69, 9.17) is 40.1 Å². The predicted octanol–water partition coefficient (Wildman–Crippen LogP) is 5.13. The van der Waals surface area contributed by atoms with E-state index < -0.39 is 0 Å². The van der Waals surface area contributed by atoms with Gasteiger partial charge in [0.1, 0.15) is 6.07 Å². The van der Waals surface area contributed by atoms with Gasteiger partial charge < -0.3 is 5.32 Å². The minimum atomic E-state index is 0.445. The molecular formula is C14H9Cl3N2. The van der Waals surface area contributed by atoms with Crippen molar-refractivity contribution >= 4 is 40.5 Å². The number of hydrogen-bond donors (Lipinski definition) is 1. The Morgan fingerprint density at radius 3 is 2.37 bits per heavy atom. The van der Waals surface area contributed by atoms with Crippen molar-refractivity contribution in [3.63, 3.8) is 0 Å². The summed E-state index contributed by atoms with van der Waals surface area (Å²) in [6, 6.07) is 12.7. The molecule has 0 aliphatic rings. The number of nitrogens with zero attached hydrogens (tertiary/aromatic N) is 1. The van der Waals surface area contributed by atoms with Crippen LogP contribution in [0, 0.1) is 11.3 Å². The van der Waals surface area contributed by atoms with Crippen LogP contribution in [0.3, 0.4) is 0 Å². The van der Waals surface area contributed by atoms with Gasteiger partial charge in [0.15, 0.2) is 0 Å². The Bertz CT molecular complexity index is 648. The number of nitrogens with one attached hydrogen (secondary N) is 1. The largest absolute Gasteiger partial charge is 0.381 e. The molecule has 0 unspecified atom stereocenters. The predicted molar refractivity (Wildman–Crippen MR) is 80.0 cm³/mol. The number of halogens is 3. The fourth-order valence-corrected chi connectivity index (χ4v) is 2.06. The molecule has 0 atom stereocenters. The molecule has 96 valence electrons. The Morgan fingerprint density at radius 1 is 0.947 bits per heavy atom. The van der Waals surface area contributed by atoms with Crippen LogP contribution in [0.5, 0.6) is 0 Å². The number of anilines is 1. The smallest absolute Gasteiger partial charge is 0.101 e. The molecule has 19 heavy (non-hydrogen) atoms. The maximum atomic E-state index is 8.90. The van der Waals surface area contributed by atoms with Crippen molar-refractivity contribution in [1.29, 1.82) is 5.26 Å². The van der Waals surface area contributed by atoms with Crippen molar-refractivity contribution in [2.75, 3.05) is 5.32 Å². The summed E-state index contributed by atoms with van der Waals surface area (Å²) in [4.78, 5) is 0. The average Bonchev–Trinajstić information content (AvgIpc) is 2.41. The first-order chi connectivity index (χ1) is 9.10. The number of rotatable bonds is 3. The van der Waals surface area contributed by atoms with Gasteiger partial charge in [-0.3, -0.25) is 0 Å². The van der Waals surface area contributed by atoms with Gasteiger partial charge in [0.05, 0.1) is 20.6 Å². The molecule has 0 saturated carbocycles. The van der Waals surface area contributed by atoms with Crippen LogP contribution in [-0.2, 0) is 6.54 Å². The van der Waals surface area contributed by atoms with Gasteiger partial charge >= 0.3 is 0 Å². The third-order valence-corrected chi connectivity index (χ3v) is 3.64. The van der Waals surface area contributed by atoms with Gasteiger partial charge in [0.25, 0.3) is 0 Å². The Labute approximate surface area is 126 Å². The minimum Gasteiger partial charge on any atom is -0.381 e. The zero-order valence-electron chi connectivity index (χ0n) is 9.75. The molecule has 0 amide bonds. The van der Waals surface area contributed by atoms with Gasteiger partial charge in [0.2, 0.25) is 0 Å². The van der Waals surface area contributed by atoms with E-state index in [1.807, 2.05) is 18.2 Å². The van der Waals surface area contributed by atoms with Crippen LogP contribution in [0.25, 0.3) is 0 Å². The number of hydrogen-bond acceptors (Lipinski definition) is 2. The summed E-state index contributed by atoms with van der Waals surface area (Å²) in [6.45, 7) is 0.587. The maximum Gasteiger partial charge on any atom is 0.101 e. The molecule has 2 nitrogen and oxygen atoms in total. The Balaban J connectivity index is 2.10. The molecule has 0 spiro atoms. The van der Waals surface area contributed by atoms with Gasteiger partial charge in [-0.25, -0.2) is 0 Å². The van der Waals surface area contributed by atoms with E-state index in [9.17, 15) is 0 Å². The molecule has 5 heteroatoms. The molecule has 1 N–H and O–H groups in total. The lowest BCUT2D eigenvalue weighted by Crippen LogP contribution is -1.99. The highest BCUT2D eigenvalue weighted by Gasteiger charge is 2.02. The topological polar surface area (TPSA) is 35.8 Å². The van der Waals surface area contributed by atoms with Crippen molar-refractivity contribution in [3.05, 3.63) is 62.6 Å². The highest BCUT2D eigenvalue weighted by Crippen LogP contribution is 2.24. The van der Waals surface area contributed by atoms with Crippen LogP contribution in [0.4, 0.5) is 5.69 Å². The Kier molecular flexibility index (Phi) is 4.55. The van der Waals surface area contributed by atoms with Gasteiger partial charge in [0, 0.05) is 12.2 Å². The van der Waals surface area contributed by atoms with E-state index >= 15 is 0 Å². The molecular weight excluding hydrogens is 303 g/mol. The molecule has 0 aliphatic heterocycles. The molecule has 2 aromatic rings. The van der Waals surface area contributed by atoms with Gasteiger partial charge in [-0.1, -0.05) is 40.9 Å². The quantitative estimate of drug-likeness (QED) is 0.853. The minimum absolute atomic E-state index is 0.445. The number of nitriles is 1. The lowest BCUT2D eigenvalue weighted by atomic mass is 10.2. The Hall–Kier alpha value is -1.40. The highest BCUT2D eigenvalue weighted by molar-refractivity contribution is 6.42. The summed E-state index contributed by atoms with van der Waals surface area (Å²) in [5, 5.41) is 13.6. The summed E-state index contributed by atoms with van der Waals surface area (Å²) in [5.41, 5.74) is 2.27. The molecule has 2 rings (SSSR count). The van der Waals surface area contributed by atoms with E-state index in [2.05, 4.69) is 5.32 Å². The van der Waals surface area contributed by atoms with Crippen molar-refractivity contribution in [3.8, 4) is 6.07 Å². The van der Waals surface area contributed by atoms with E-state index in [1.54, 1.807) is 24.3 Å². The van der Waals surface area contributed by atoms with E-state index in [1.165, 1.54) is 0 Å². The van der Waals surface area contributed by atoms with Crippen molar-refractivity contribution in [2.24, 2.45) is 0 Å². The summed E-state index contributed by atoms with van der Waals surface area (Å²) < 4.78 is 0.